The van der Waals surface area contributed by atoms with Crippen LogP contribution in [0.5, 0.6) is 0 Å². The molecule has 0 aliphatic rings. The molecule has 1 heterocycles. The predicted molar refractivity (Wildman–Crippen MR) is 48.0 cm³/mol. The lowest BCUT2D eigenvalue weighted by atomic mass is 10.5. The maximum Gasteiger partial charge on any atom is 0.139 e. The van der Waals surface area contributed by atoms with Crippen LogP contribution in [0.25, 0.3) is 0 Å². The summed E-state index contributed by atoms with van der Waals surface area (Å²) in [6.45, 7) is 0.918. The van der Waals surface area contributed by atoms with Crippen molar-refractivity contribution in [2.75, 3.05) is 6.61 Å². The molecule has 1 aromatic heterocycles. The van der Waals surface area contributed by atoms with Gasteiger partial charge in [-0.25, -0.2) is 0 Å². The summed E-state index contributed by atoms with van der Waals surface area (Å²) >= 11 is 6.88. The second kappa shape index (κ2) is 5.09. The van der Waals surface area contributed by atoms with Crippen molar-refractivity contribution in [2.24, 2.45) is 0 Å². The van der Waals surface area contributed by atoms with E-state index in [1.54, 1.807) is 0 Å². The summed E-state index contributed by atoms with van der Waals surface area (Å²) in [5.41, 5.74) is 0.679. The molecule has 1 rings (SSSR count). The molecule has 0 unspecified atom stereocenters. The maximum atomic E-state index is 5.73. The number of hydrogen-bond acceptors (Lipinski definition) is 4. The van der Waals surface area contributed by atoms with Gasteiger partial charge in [-0.05, 0) is 0 Å². The minimum Gasteiger partial charge on any atom is -0.374 e. The van der Waals surface area contributed by atoms with Gasteiger partial charge in [0.1, 0.15) is 10.0 Å². The Morgan fingerprint density at radius 2 is 2.50 bits per heavy atom. The van der Waals surface area contributed by atoms with Crippen LogP contribution < -0.4 is 0 Å². The number of ether oxygens (including phenoxy) is 1. The molecule has 0 saturated carbocycles. The topological polar surface area (TPSA) is 35.0 Å². The van der Waals surface area contributed by atoms with Gasteiger partial charge >= 0.3 is 0 Å². The molecule has 12 heavy (non-hydrogen) atoms. The van der Waals surface area contributed by atoms with E-state index >= 15 is 0 Å². The fourth-order valence-corrected chi connectivity index (χ4v) is 1.18. The van der Waals surface area contributed by atoms with E-state index in [-0.39, 0.29) is 0 Å². The van der Waals surface area contributed by atoms with Crippen molar-refractivity contribution in [3.63, 3.8) is 0 Å². The smallest absolute Gasteiger partial charge is 0.139 e. The molecule has 3 nitrogen and oxygen atoms in total. The fraction of sp³-hybridized carbons (Fsp3) is 0.429. The molecular weight excluding hydrogens is 196 g/mol. The molecule has 0 amide bonds. The van der Waals surface area contributed by atoms with E-state index in [2.05, 4.69) is 15.5 Å². The molecule has 0 spiro atoms. The zero-order chi connectivity index (χ0) is 8.81. The second-order valence-electron chi connectivity index (χ2n) is 2.00. The third-order valence-electron chi connectivity index (χ3n) is 1.14. The highest BCUT2D eigenvalue weighted by Gasteiger charge is 2.03. The Bertz CT molecular complexity index is 281. The summed E-state index contributed by atoms with van der Waals surface area (Å²) in [6, 6.07) is 0. The molecule has 5 heteroatoms. The van der Waals surface area contributed by atoms with Gasteiger partial charge in [-0.3, -0.25) is 0 Å². The number of aromatic nitrogens is 2. The zero-order valence-electron chi connectivity index (χ0n) is 6.29. The van der Waals surface area contributed by atoms with E-state index in [4.69, 9.17) is 22.8 Å². The van der Waals surface area contributed by atoms with Crippen molar-refractivity contribution in [1.82, 2.24) is 9.59 Å². The largest absolute Gasteiger partial charge is 0.374 e. The van der Waals surface area contributed by atoms with Gasteiger partial charge in [0.2, 0.25) is 0 Å². The van der Waals surface area contributed by atoms with Crippen molar-refractivity contribution in [1.29, 1.82) is 0 Å². The van der Waals surface area contributed by atoms with Gasteiger partial charge in [0.15, 0.2) is 0 Å². The van der Waals surface area contributed by atoms with Gasteiger partial charge in [-0.1, -0.05) is 16.1 Å². The van der Waals surface area contributed by atoms with Gasteiger partial charge in [0, 0.05) is 18.0 Å². The molecule has 0 radical (unpaired) electrons. The first-order chi connectivity index (χ1) is 5.84. The lowest BCUT2D eigenvalue weighted by Gasteiger charge is -1.97. The highest BCUT2D eigenvalue weighted by atomic mass is 35.5. The van der Waals surface area contributed by atoms with Gasteiger partial charge in [-0.15, -0.1) is 17.4 Å². The van der Waals surface area contributed by atoms with E-state index in [0.29, 0.717) is 29.7 Å². The van der Waals surface area contributed by atoms with E-state index in [0.717, 1.165) is 11.5 Å². The van der Waals surface area contributed by atoms with Crippen molar-refractivity contribution < 1.29 is 4.74 Å². The van der Waals surface area contributed by atoms with Crippen molar-refractivity contribution >= 4 is 23.1 Å². The van der Waals surface area contributed by atoms with E-state index in [1.807, 2.05) is 0 Å². The molecular formula is C7H7ClN2OS. The highest BCUT2D eigenvalue weighted by Crippen LogP contribution is 2.17. The van der Waals surface area contributed by atoms with Crippen LogP contribution in [0.1, 0.15) is 12.1 Å². The first kappa shape index (κ1) is 9.46. The normalized spacial score (nSPS) is 9.67. The Balaban J connectivity index is 2.25. The minimum absolute atomic E-state index is 0.386. The summed E-state index contributed by atoms with van der Waals surface area (Å²) in [6.07, 6.45) is 5.64. The lowest BCUT2D eigenvalue weighted by Crippen LogP contribution is -1.95. The van der Waals surface area contributed by atoms with Crippen molar-refractivity contribution in [3.05, 3.63) is 10.0 Å². The van der Waals surface area contributed by atoms with Gasteiger partial charge in [-0.2, -0.15) is 0 Å². The van der Waals surface area contributed by atoms with Gasteiger partial charge in [0.05, 0.1) is 13.2 Å². The Morgan fingerprint density at radius 3 is 3.08 bits per heavy atom. The third-order valence-corrected chi connectivity index (χ3v) is 2.12. The average Bonchev–Trinajstić information content (AvgIpc) is 2.46. The maximum absolute atomic E-state index is 5.73. The molecule has 0 saturated heterocycles. The monoisotopic (exact) mass is 202 g/mol. The van der Waals surface area contributed by atoms with Crippen LogP contribution >= 0.6 is 23.1 Å². The zero-order valence-corrected chi connectivity index (χ0v) is 7.86. The predicted octanol–water partition coefficient (Wildman–Crippen LogP) is 1.73. The summed E-state index contributed by atoms with van der Waals surface area (Å²) in [5, 5.41) is 3.77. The standard InChI is InChI=1S/C7H7ClN2OS/c1-2-3-4-11-5-6-7(8)12-10-9-6/h1H,3-5H2. The second-order valence-corrected chi connectivity index (χ2v) is 3.36. The molecule has 0 aliphatic carbocycles. The van der Waals surface area contributed by atoms with Crippen molar-refractivity contribution in [2.45, 2.75) is 13.0 Å². The quantitative estimate of drug-likeness (QED) is 0.551. The molecule has 0 fully saturated rings. The number of halogens is 1. The first-order valence-electron chi connectivity index (χ1n) is 3.32. The van der Waals surface area contributed by atoms with Crippen LogP contribution in [-0.4, -0.2) is 16.2 Å². The minimum atomic E-state index is 0.386. The molecule has 0 N–H and O–H groups in total. The average molecular weight is 203 g/mol. The molecule has 64 valence electrons. The van der Waals surface area contributed by atoms with Gasteiger partial charge < -0.3 is 4.74 Å². The summed E-state index contributed by atoms with van der Waals surface area (Å²) < 4.78 is 9.42. The molecule has 0 aliphatic heterocycles. The van der Waals surface area contributed by atoms with Gasteiger partial charge in [0.25, 0.3) is 0 Å². The molecule has 1 aromatic rings. The summed E-state index contributed by atoms with van der Waals surface area (Å²) in [7, 11) is 0. The fourth-order valence-electron chi connectivity index (χ4n) is 0.583. The summed E-state index contributed by atoms with van der Waals surface area (Å²) in [4.78, 5) is 0. The summed E-state index contributed by atoms with van der Waals surface area (Å²) in [5.74, 6) is 2.47. The molecule has 0 aromatic carbocycles. The van der Waals surface area contributed by atoms with Crippen LogP contribution in [0.2, 0.25) is 4.34 Å². The SMILES string of the molecule is C#CCCOCc1nnsc1Cl. The van der Waals surface area contributed by atoms with Crippen molar-refractivity contribution in [3.8, 4) is 12.3 Å². The van der Waals surface area contributed by atoms with Crippen LogP contribution in [-0.2, 0) is 11.3 Å². The Kier molecular flexibility index (Phi) is 4.01. The van der Waals surface area contributed by atoms with E-state index in [9.17, 15) is 0 Å². The number of rotatable bonds is 4. The van der Waals surface area contributed by atoms with E-state index < -0.39 is 0 Å². The number of nitrogens with zero attached hydrogens (tertiary/aromatic N) is 2. The van der Waals surface area contributed by atoms with Crippen LogP contribution in [0.15, 0.2) is 0 Å². The Hall–Kier alpha value is -0.630. The number of terminal acetylenes is 1. The van der Waals surface area contributed by atoms with E-state index in [1.165, 1.54) is 0 Å². The molecule has 0 atom stereocenters. The lowest BCUT2D eigenvalue weighted by molar-refractivity contribution is 0.124. The Morgan fingerprint density at radius 1 is 1.67 bits per heavy atom. The van der Waals surface area contributed by atoms with Crippen LogP contribution in [0, 0.1) is 12.3 Å². The number of hydrogen-bond donors (Lipinski definition) is 0. The highest BCUT2D eigenvalue weighted by molar-refractivity contribution is 7.10. The first-order valence-corrected chi connectivity index (χ1v) is 4.47. The Labute approximate surface area is 79.9 Å². The third kappa shape index (κ3) is 2.78. The molecule has 0 bridgehead atoms. The van der Waals surface area contributed by atoms with Crippen LogP contribution in [0.3, 0.4) is 0 Å². The van der Waals surface area contributed by atoms with Crippen LogP contribution in [0.4, 0.5) is 0 Å².